The molecule has 0 atom stereocenters. The van der Waals surface area contributed by atoms with Crippen LogP contribution in [0.4, 0.5) is 5.69 Å². The molecule has 5 nitrogen and oxygen atoms in total. The summed E-state index contributed by atoms with van der Waals surface area (Å²) in [4.78, 5) is 26.7. The highest BCUT2D eigenvalue weighted by molar-refractivity contribution is 6.04. The normalized spacial score (nSPS) is 21.3. The monoisotopic (exact) mass is 274 g/mol. The van der Waals surface area contributed by atoms with Crippen molar-refractivity contribution in [1.29, 1.82) is 0 Å². The van der Waals surface area contributed by atoms with Gasteiger partial charge in [0.05, 0.1) is 12.1 Å². The first-order valence-corrected chi connectivity index (χ1v) is 6.83. The molecule has 20 heavy (non-hydrogen) atoms. The number of aliphatic hydroxyl groups is 1. The molecule has 1 saturated heterocycles. The van der Waals surface area contributed by atoms with Crippen molar-refractivity contribution in [2.75, 3.05) is 25.0 Å². The first kappa shape index (κ1) is 13.1. The molecule has 1 aromatic rings. The molecule has 0 unspecified atom stereocenters. The molecule has 1 aliphatic heterocycles. The van der Waals surface area contributed by atoms with Gasteiger partial charge in [0, 0.05) is 19.2 Å². The molecular formula is C15H18N2O3. The van der Waals surface area contributed by atoms with Crippen molar-refractivity contribution >= 4 is 17.5 Å². The number of carbonyl (C=O) groups is 2. The molecule has 1 N–H and O–H groups in total. The van der Waals surface area contributed by atoms with Gasteiger partial charge >= 0.3 is 0 Å². The van der Waals surface area contributed by atoms with E-state index in [2.05, 4.69) is 0 Å². The zero-order valence-electron chi connectivity index (χ0n) is 11.5. The lowest BCUT2D eigenvalue weighted by Gasteiger charge is -2.31. The van der Waals surface area contributed by atoms with E-state index in [1.807, 2.05) is 24.3 Å². The zero-order chi connectivity index (χ0) is 14.3. The Labute approximate surface area is 117 Å². The maximum atomic E-state index is 12.0. The molecule has 0 spiro atoms. The number of piperazine rings is 1. The van der Waals surface area contributed by atoms with Crippen LogP contribution < -0.4 is 4.90 Å². The van der Waals surface area contributed by atoms with Gasteiger partial charge in [-0.05, 0) is 30.5 Å². The third-order valence-electron chi connectivity index (χ3n) is 3.98. The van der Waals surface area contributed by atoms with E-state index in [9.17, 15) is 14.7 Å². The SMILES string of the molecule is CN1CC(=O)N(c2cccc(CC3(O)CC3)c2)CC1=O. The van der Waals surface area contributed by atoms with E-state index in [0.29, 0.717) is 6.42 Å². The average molecular weight is 274 g/mol. The number of rotatable bonds is 3. The lowest BCUT2D eigenvalue weighted by molar-refractivity contribution is -0.136. The molecule has 106 valence electrons. The second kappa shape index (κ2) is 4.59. The number of hydrogen-bond donors (Lipinski definition) is 1. The van der Waals surface area contributed by atoms with Crippen LogP contribution >= 0.6 is 0 Å². The highest BCUT2D eigenvalue weighted by atomic mass is 16.3. The van der Waals surface area contributed by atoms with E-state index in [-0.39, 0.29) is 24.9 Å². The number of nitrogens with zero attached hydrogens (tertiary/aromatic N) is 2. The summed E-state index contributed by atoms with van der Waals surface area (Å²) in [6.45, 7) is 0.204. The first-order chi connectivity index (χ1) is 9.47. The smallest absolute Gasteiger partial charge is 0.247 e. The topological polar surface area (TPSA) is 60.9 Å². The summed E-state index contributed by atoms with van der Waals surface area (Å²) in [5.41, 5.74) is 1.18. The van der Waals surface area contributed by atoms with E-state index >= 15 is 0 Å². The Bertz CT molecular complexity index is 566. The fourth-order valence-corrected chi connectivity index (χ4v) is 2.49. The summed E-state index contributed by atoms with van der Waals surface area (Å²) >= 11 is 0. The Hall–Kier alpha value is -1.88. The molecule has 0 aromatic heterocycles. The largest absolute Gasteiger partial charge is 0.390 e. The molecular weight excluding hydrogens is 256 g/mol. The van der Waals surface area contributed by atoms with Gasteiger partial charge in [0.2, 0.25) is 11.8 Å². The van der Waals surface area contributed by atoms with Crippen molar-refractivity contribution in [2.24, 2.45) is 0 Å². The van der Waals surface area contributed by atoms with Gasteiger partial charge in [-0.3, -0.25) is 9.59 Å². The molecule has 0 radical (unpaired) electrons. The summed E-state index contributed by atoms with van der Waals surface area (Å²) in [5, 5.41) is 9.97. The number of likely N-dealkylation sites (N-methyl/N-ethyl adjacent to an activating group) is 1. The number of carbonyl (C=O) groups excluding carboxylic acids is 2. The minimum Gasteiger partial charge on any atom is -0.390 e. The van der Waals surface area contributed by atoms with E-state index in [1.54, 1.807) is 7.05 Å². The lowest BCUT2D eigenvalue weighted by atomic mass is 10.1. The van der Waals surface area contributed by atoms with Crippen molar-refractivity contribution < 1.29 is 14.7 Å². The van der Waals surface area contributed by atoms with Gasteiger partial charge in [-0.15, -0.1) is 0 Å². The fraction of sp³-hybridized carbons (Fsp3) is 0.467. The molecule has 1 aromatic carbocycles. The molecule has 1 saturated carbocycles. The summed E-state index contributed by atoms with van der Waals surface area (Å²) in [6.07, 6.45) is 2.28. The predicted molar refractivity (Wildman–Crippen MR) is 74.3 cm³/mol. The Kier molecular flexibility index (Phi) is 3.01. The molecule has 2 fully saturated rings. The predicted octanol–water partition coefficient (Wildman–Crippen LogP) is 0.559. The average Bonchev–Trinajstić information content (AvgIpc) is 3.11. The van der Waals surface area contributed by atoms with Crippen LogP contribution in [0.15, 0.2) is 24.3 Å². The molecule has 3 rings (SSSR count). The van der Waals surface area contributed by atoms with Gasteiger partial charge in [-0.2, -0.15) is 0 Å². The van der Waals surface area contributed by atoms with Gasteiger partial charge in [0.15, 0.2) is 0 Å². The number of anilines is 1. The van der Waals surface area contributed by atoms with Gasteiger partial charge in [-0.1, -0.05) is 12.1 Å². The highest BCUT2D eigenvalue weighted by Crippen LogP contribution is 2.38. The maximum absolute atomic E-state index is 12.0. The number of amides is 2. The third kappa shape index (κ3) is 2.54. The Morgan fingerprint density at radius 1 is 1.20 bits per heavy atom. The van der Waals surface area contributed by atoms with Crippen LogP contribution in [0.3, 0.4) is 0 Å². The summed E-state index contributed by atoms with van der Waals surface area (Å²) < 4.78 is 0. The summed E-state index contributed by atoms with van der Waals surface area (Å²) in [7, 11) is 1.64. The van der Waals surface area contributed by atoms with E-state index in [1.165, 1.54) is 9.80 Å². The standard InChI is InChI=1S/C15H18N2O3/c1-16-9-14(19)17(10-13(16)18)12-4-2-3-11(7-12)8-15(20)5-6-15/h2-4,7,20H,5-6,8-10H2,1H3. The fourth-order valence-electron chi connectivity index (χ4n) is 2.49. The van der Waals surface area contributed by atoms with Crippen molar-refractivity contribution in [2.45, 2.75) is 24.9 Å². The minimum atomic E-state index is -0.555. The van der Waals surface area contributed by atoms with Crippen LogP contribution in [0, 0.1) is 0 Å². The third-order valence-corrected chi connectivity index (χ3v) is 3.98. The summed E-state index contributed by atoms with van der Waals surface area (Å²) in [6, 6.07) is 7.54. The minimum absolute atomic E-state index is 0.0594. The van der Waals surface area contributed by atoms with E-state index < -0.39 is 5.60 Å². The van der Waals surface area contributed by atoms with E-state index in [0.717, 1.165) is 24.1 Å². The highest BCUT2D eigenvalue weighted by Gasteiger charge is 2.40. The molecule has 0 bridgehead atoms. The Balaban J connectivity index is 1.81. The van der Waals surface area contributed by atoms with Crippen molar-refractivity contribution in [3.8, 4) is 0 Å². The lowest BCUT2D eigenvalue weighted by Crippen LogP contribution is -2.52. The Morgan fingerprint density at radius 3 is 2.65 bits per heavy atom. The van der Waals surface area contributed by atoms with Crippen LogP contribution in [0.1, 0.15) is 18.4 Å². The van der Waals surface area contributed by atoms with Crippen LogP contribution in [-0.2, 0) is 16.0 Å². The second-order valence-corrected chi connectivity index (χ2v) is 5.80. The number of benzene rings is 1. The zero-order valence-corrected chi connectivity index (χ0v) is 11.5. The van der Waals surface area contributed by atoms with Gasteiger partial charge in [0.1, 0.15) is 6.54 Å². The molecule has 1 aliphatic carbocycles. The Morgan fingerprint density at radius 2 is 1.95 bits per heavy atom. The van der Waals surface area contributed by atoms with Crippen molar-refractivity contribution in [3.63, 3.8) is 0 Å². The van der Waals surface area contributed by atoms with Gasteiger partial charge in [-0.25, -0.2) is 0 Å². The second-order valence-electron chi connectivity index (χ2n) is 5.80. The molecule has 5 heteroatoms. The van der Waals surface area contributed by atoms with Crippen molar-refractivity contribution in [3.05, 3.63) is 29.8 Å². The number of hydrogen-bond acceptors (Lipinski definition) is 3. The molecule has 1 heterocycles. The van der Waals surface area contributed by atoms with Crippen molar-refractivity contribution in [1.82, 2.24) is 4.90 Å². The molecule has 2 aliphatic rings. The van der Waals surface area contributed by atoms with Gasteiger partial charge in [0.25, 0.3) is 0 Å². The van der Waals surface area contributed by atoms with E-state index in [4.69, 9.17) is 0 Å². The van der Waals surface area contributed by atoms with Crippen LogP contribution in [-0.4, -0.2) is 47.6 Å². The van der Waals surface area contributed by atoms with Gasteiger partial charge < -0.3 is 14.9 Å². The van der Waals surface area contributed by atoms with Crippen LogP contribution in [0.5, 0.6) is 0 Å². The first-order valence-electron chi connectivity index (χ1n) is 6.83. The quantitative estimate of drug-likeness (QED) is 0.876. The van der Waals surface area contributed by atoms with Crippen LogP contribution in [0.2, 0.25) is 0 Å². The molecule has 2 amide bonds. The summed E-state index contributed by atoms with van der Waals surface area (Å²) in [5.74, 6) is -0.134. The van der Waals surface area contributed by atoms with Crippen LogP contribution in [0.25, 0.3) is 0 Å². The maximum Gasteiger partial charge on any atom is 0.247 e.